The minimum atomic E-state index is 0.689. The quantitative estimate of drug-likeness (QED) is 0.887. The van der Waals surface area contributed by atoms with Gasteiger partial charge < -0.3 is 15.8 Å². The second-order valence-electron chi connectivity index (χ2n) is 5.89. The summed E-state index contributed by atoms with van der Waals surface area (Å²) in [6.07, 6.45) is 3.37. The van der Waals surface area contributed by atoms with Crippen molar-refractivity contribution < 1.29 is 4.74 Å². The van der Waals surface area contributed by atoms with Gasteiger partial charge in [0, 0.05) is 0 Å². The van der Waals surface area contributed by atoms with Crippen LogP contribution >= 0.6 is 0 Å². The van der Waals surface area contributed by atoms with Crippen LogP contribution in [0.3, 0.4) is 0 Å². The van der Waals surface area contributed by atoms with Crippen molar-refractivity contribution in [1.82, 2.24) is 5.32 Å². The largest absolute Gasteiger partial charge is 0.493 e. The molecule has 0 amide bonds. The second kappa shape index (κ2) is 6.92. The number of benzene rings is 2. The zero-order valence-corrected chi connectivity index (χ0v) is 12.5. The van der Waals surface area contributed by atoms with E-state index < -0.39 is 0 Å². The lowest BCUT2D eigenvalue weighted by Gasteiger charge is -2.22. The van der Waals surface area contributed by atoms with Gasteiger partial charge in [-0.1, -0.05) is 24.3 Å². The van der Waals surface area contributed by atoms with Crippen molar-refractivity contribution in [1.29, 1.82) is 0 Å². The van der Waals surface area contributed by atoms with Gasteiger partial charge in [0.1, 0.15) is 5.75 Å². The molecule has 1 aliphatic rings. The molecule has 0 unspecified atom stereocenters. The van der Waals surface area contributed by atoms with E-state index >= 15 is 0 Å². The molecule has 3 N–H and O–H groups in total. The summed E-state index contributed by atoms with van der Waals surface area (Å²) in [5.41, 5.74) is 6.91. The molecular formula is C18H24N2O. The minimum Gasteiger partial charge on any atom is -0.493 e. The van der Waals surface area contributed by atoms with Crippen LogP contribution in [0.4, 0.5) is 0 Å². The van der Waals surface area contributed by atoms with E-state index in [1.807, 2.05) is 0 Å². The number of nitrogens with two attached hydrogens (primary N) is 1. The number of ether oxygens (including phenoxy) is 1. The highest BCUT2D eigenvalue weighted by Crippen LogP contribution is 2.23. The Bertz CT molecular complexity index is 591. The van der Waals surface area contributed by atoms with E-state index in [1.165, 1.54) is 29.2 Å². The van der Waals surface area contributed by atoms with Gasteiger partial charge in [0.05, 0.1) is 6.61 Å². The van der Waals surface area contributed by atoms with Gasteiger partial charge in [-0.3, -0.25) is 0 Å². The average molecular weight is 284 g/mol. The topological polar surface area (TPSA) is 47.3 Å². The molecule has 3 rings (SSSR count). The van der Waals surface area contributed by atoms with Gasteiger partial charge in [-0.15, -0.1) is 0 Å². The molecule has 1 aliphatic heterocycles. The summed E-state index contributed by atoms with van der Waals surface area (Å²) in [6, 6.07) is 12.9. The molecule has 1 saturated heterocycles. The van der Waals surface area contributed by atoms with E-state index in [1.54, 1.807) is 0 Å². The number of hydrogen-bond acceptors (Lipinski definition) is 3. The molecule has 0 saturated carbocycles. The highest BCUT2D eigenvalue weighted by Gasteiger charge is 2.13. The Kier molecular flexibility index (Phi) is 4.73. The molecule has 21 heavy (non-hydrogen) atoms. The van der Waals surface area contributed by atoms with E-state index in [-0.39, 0.29) is 0 Å². The number of rotatable bonds is 5. The first-order valence-corrected chi connectivity index (χ1v) is 7.91. The summed E-state index contributed by atoms with van der Waals surface area (Å²) in [4.78, 5) is 0. The van der Waals surface area contributed by atoms with E-state index in [2.05, 4.69) is 41.7 Å². The van der Waals surface area contributed by atoms with Gasteiger partial charge in [-0.25, -0.2) is 0 Å². The molecule has 2 aromatic carbocycles. The standard InChI is InChI=1S/C18H24N2O/c19-8-5-14-1-2-17-12-18(4-3-16(17)11-14)21-13-15-6-9-20-10-7-15/h1-4,11-12,15,20H,5-10,13,19H2. The molecule has 3 heteroatoms. The molecule has 1 heterocycles. The number of piperidine rings is 1. The molecule has 3 nitrogen and oxygen atoms in total. The third kappa shape index (κ3) is 3.74. The van der Waals surface area contributed by atoms with Crippen LogP contribution in [0, 0.1) is 5.92 Å². The van der Waals surface area contributed by atoms with Gasteiger partial charge >= 0.3 is 0 Å². The zero-order valence-electron chi connectivity index (χ0n) is 12.5. The van der Waals surface area contributed by atoms with E-state index in [0.717, 1.165) is 31.9 Å². The van der Waals surface area contributed by atoms with Gasteiger partial charge in [0.2, 0.25) is 0 Å². The Morgan fingerprint density at radius 3 is 2.62 bits per heavy atom. The summed E-state index contributed by atoms with van der Waals surface area (Å²) in [7, 11) is 0. The van der Waals surface area contributed by atoms with Crippen LogP contribution in [0.15, 0.2) is 36.4 Å². The SMILES string of the molecule is NCCc1ccc2cc(OCC3CCNCC3)ccc2c1. The van der Waals surface area contributed by atoms with E-state index in [0.29, 0.717) is 12.5 Å². The van der Waals surface area contributed by atoms with Gasteiger partial charge in [-0.2, -0.15) is 0 Å². The van der Waals surface area contributed by atoms with Crippen molar-refractivity contribution in [3.05, 3.63) is 42.0 Å². The van der Waals surface area contributed by atoms with Crippen molar-refractivity contribution >= 4 is 10.8 Å². The third-order valence-corrected chi connectivity index (χ3v) is 4.25. The molecule has 0 bridgehead atoms. The molecule has 0 aliphatic carbocycles. The molecule has 0 aromatic heterocycles. The fourth-order valence-electron chi connectivity index (χ4n) is 2.95. The lowest BCUT2D eigenvalue weighted by Crippen LogP contribution is -2.30. The lowest BCUT2D eigenvalue weighted by atomic mass is 9.99. The van der Waals surface area contributed by atoms with Crippen molar-refractivity contribution in [3.63, 3.8) is 0 Å². The van der Waals surface area contributed by atoms with Crippen LogP contribution < -0.4 is 15.8 Å². The monoisotopic (exact) mass is 284 g/mol. The van der Waals surface area contributed by atoms with Crippen LogP contribution in [0.5, 0.6) is 5.75 Å². The summed E-state index contributed by atoms with van der Waals surface area (Å²) in [6.45, 7) is 3.77. The highest BCUT2D eigenvalue weighted by atomic mass is 16.5. The molecule has 112 valence electrons. The number of nitrogens with one attached hydrogen (secondary N) is 1. The minimum absolute atomic E-state index is 0.689. The Balaban J connectivity index is 1.67. The first-order valence-electron chi connectivity index (χ1n) is 7.91. The van der Waals surface area contributed by atoms with Crippen molar-refractivity contribution in [2.45, 2.75) is 19.3 Å². The van der Waals surface area contributed by atoms with E-state index in [9.17, 15) is 0 Å². The predicted molar refractivity (Wildman–Crippen MR) is 87.8 cm³/mol. The summed E-state index contributed by atoms with van der Waals surface area (Å²) in [5.74, 6) is 1.67. The Hall–Kier alpha value is -1.58. The number of fused-ring (bicyclic) bond motifs is 1. The number of hydrogen-bond donors (Lipinski definition) is 2. The molecule has 1 fully saturated rings. The average Bonchev–Trinajstić information content (AvgIpc) is 2.54. The Morgan fingerprint density at radius 2 is 1.81 bits per heavy atom. The molecule has 2 aromatic rings. The molecule has 0 radical (unpaired) electrons. The van der Waals surface area contributed by atoms with Crippen LogP contribution in [-0.4, -0.2) is 26.2 Å². The molecule has 0 atom stereocenters. The first kappa shape index (κ1) is 14.4. The second-order valence-corrected chi connectivity index (χ2v) is 5.89. The summed E-state index contributed by atoms with van der Waals surface area (Å²) < 4.78 is 5.98. The predicted octanol–water partition coefficient (Wildman–Crippen LogP) is 2.72. The van der Waals surface area contributed by atoms with Gasteiger partial charge in [0.15, 0.2) is 0 Å². The van der Waals surface area contributed by atoms with Crippen molar-refractivity contribution in [3.8, 4) is 5.75 Å². The maximum Gasteiger partial charge on any atom is 0.119 e. The van der Waals surface area contributed by atoms with Crippen LogP contribution in [-0.2, 0) is 6.42 Å². The maximum absolute atomic E-state index is 5.98. The van der Waals surface area contributed by atoms with Gasteiger partial charge in [-0.05, 0) is 73.3 Å². The van der Waals surface area contributed by atoms with Crippen molar-refractivity contribution in [2.24, 2.45) is 11.7 Å². The lowest BCUT2D eigenvalue weighted by molar-refractivity contribution is 0.215. The van der Waals surface area contributed by atoms with Crippen LogP contribution in [0.2, 0.25) is 0 Å². The molecule has 0 spiro atoms. The highest BCUT2D eigenvalue weighted by molar-refractivity contribution is 5.84. The Labute approximate surface area is 126 Å². The van der Waals surface area contributed by atoms with Crippen molar-refractivity contribution in [2.75, 3.05) is 26.2 Å². The fourth-order valence-corrected chi connectivity index (χ4v) is 2.95. The fraction of sp³-hybridized carbons (Fsp3) is 0.444. The van der Waals surface area contributed by atoms with Gasteiger partial charge in [0.25, 0.3) is 0 Å². The smallest absolute Gasteiger partial charge is 0.119 e. The maximum atomic E-state index is 5.98. The van der Waals surface area contributed by atoms with E-state index in [4.69, 9.17) is 10.5 Å². The molecular weight excluding hydrogens is 260 g/mol. The summed E-state index contributed by atoms with van der Waals surface area (Å²) in [5, 5.41) is 5.88. The first-order chi connectivity index (χ1) is 10.3. The normalized spacial score (nSPS) is 16.2. The summed E-state index contributed by atoms with van der Waals surface area (Å²) >= 11 is 0. The Morgan fingerprint density at radius 1 is 1.05 bits per heavy atom. The van der Waals surface area contributed by atoms with Crippen LogP contribution in [0.25, 0.3) is 10.8 Å². The zero-order chi connectivity index (χ0) is 14.5. The van der Waals surface area contributed by atoms with Crippen LogP contribution in [0.1, 0.15) is 18.4 Å². The third-order valence-electron chi connectivity index (χ3n) is 4.25.